The molecule has 1 aliphatic heterocycles. The van der Waals surface area contributed by atoms with E-state index in [1.54, 1.807) is 0 Å². The lowest BCUT2D eigenvalue weighted by Gasteiger charge is -2.36. The number of hydrogen-bond donors (Lipinski definition) is 1. The van der Waals surface area contributed by atoms with Crippen molar-refractivity contribution in [3.05, 3.63) is 0 Å². The minimum absolute atomic E-state index is 0.344. The fourth-order valence-electron chi connectivity index (χ4n) is 3.86. The molecule has 2 atom stereocenters. The van der Waals surface area contributed by atoms with Gasteiger partial charge in [-0.1, -0.05) is 20.3 Å². The Balaban J connectivity index is 1.79. The molecule has 2 aliphatic rings. The third-order valence-electron chi connectivity index (χ3n) is 5.66. The van der Waals surface area contributed by atoms with Gasteiger partial charge < -0.3 is 10.2 Å². The molecule has 2 rings (SSSR count). The number of hydrogen-bond acceptors (Lipinski definition) is 2. The monoisotopic (exact) mass is 280 g/mol. The highest BCUT2D eigenvalue weighted by molar-refractivity contribution is 5.77. The second kappa shape index (κ2) is 7.44. The van der Waals surface area contributed by atoms with Crippen molar-refractivity contribution in [1.82, 2.24) is 10.2 Å². The highest BCUT2D eigenvalue weighted by atomic mass is 16.2. The van der Waals surface area contributed by atoms with Gasteiger partial charge in [-0.3, -0.25) is 4.79 Å². The topological polar surface area (TPSA) is 32.3 Å². The van der Waals surface area contributed by atoms with E-state index in [4.69, 9.17) is 0 Å². The zero-order valence-corrected chi connectivity index (χ0v) is 13.5. The Kier molecular flexibility index (Phi) is 5.88. The molecule has 1 saturated heterocycles. The summed E-state index contributed by atoms with van der Waals surface area (Å²) in [6.07, 6.45) is 9.51. The third-order valence-corrected chi connectivity index (χ3v) is 5.66. The molecule has 0 bridgehead atoms. The smallest absolute Gasteiger partial charge is 0.224 e. The largest absolute Gasteiger partial charge is 0.343 e. The number of nitrogens with one attached hydrogen (secondary N) is 1. The lowest BCUT2D eigenvalue weighted by Crippen LogP contribution is -2.46. The van der Waals surface area contributed by atoms with Gasteiger partial charge in [0, 0.05) is 25.6 Å². The number of rotatable bonds is 4. The first-order valence-electron chi connectivity index (χ1n) is 8.60. The van der Waals surface area contributed by atoms with Gasteiger partial charge in [-0.2, -0.15) is 0 Å². The molecule has 1 heterocycles. The maximum atomic E-state index is 12.5. The average Bonchev–Trinajstić information content (AvgIpc) is 2.49. The Morgan fingerprint density at radius 2 is 1.90 bits per heavy atom. The van der Waals surface area contributed by atoms with Crippen molar-refractivity contribution in [2.75, 3.05) is 13.6 Å². The Bertz CT molecular complexity index is 310. The minimum Gasteiger partial charge on any atom is -0.343 e. The molecule has 0 aromatic rings. The van der Waals surface area contributed by atoms with Gasteiger partial charge in [-0.05, 0) is 56.9 Å². The summed E-state index contributed by atoms with van der Waals surface area (Å²) in [6.45, 7) is 5.64. The van der Waals surface area contributed by atoms with Crippen LogP contribution in [0.3, 0.4) is 0 Å². The molecule has 1 amide bonds. The van der Waals surface area contributed by atoms with Gasteiger partial charge in [0.25, 0.3) is 0 Å². The molecule has 3 nitrogen and oxygen atoms in total. The number of nitrogens with zero attached hydrogens (tertiary/aromatic N) is 1. The average molecular weight is 280 g/mol. The van der Waals surface area contributed by atoms with Crippen molar-refractivity contribution in [1.29, 1.82) is 0 Å². The molecular weight excluding hydrogens is 248 g/mol. The summed E-state index contributed by atoms with van der Waals surface area (Å²) >= 11 is 0. The van der Waals surface area contributed by atoms with Crippen molar-refractivity contribution in [3.8, 4) is 0 Å². The highest BCUT2D eigenvalue weighted by Crippen LogP contribution is 2.29. The summed E-state index contributed by atoms with van der Waals surface area (Å²) in [7, 11) is 2.02. The van der Waals surface area contributed by atoms with Crippen LogP contribution in [0.4, 0.5) is 0 Å². The molecule has 0 radical (unpaired) electrons. The standard InChI is InChI=1S/C17H32N2O/c1-4-14-7-9-15(10-8-14)19(3)17(20)12-16-13(2)6-5-11-18-16/h13-16,18H,4-12H2,1-3H3. The van der Waals surface area contributed by atoms with Gasteiger partial charge in [0.2, 0.25) is 5.91 Å². The maximum absolute atomic E-state index is 12.5. The molecule has 0 aromatic heterocycles. The summed E-state index contributed by atoms with van der Waals surface area (Å²) in [6, 6.07) is 0.884. The fraction of sp³-hybridized carbons (Fsp3) is 0.941. The first kappa shape index (κ1) is 15.8. The van der Waals surface area contributed by atoms with Crippen molar-refractivity contribution >= 4 is 5.91 Å². The highest BCUT2D eigenvalue weighted by Gasteiger charge is 2.29. The van der Waals surface area contributed by atoms with E-state index < -0.39 is 0 Å². The summed E-state index contributed by atoms with van der Waals surface area (Å²) in [4.78, 5) is 14.5. The number of carbonyl (C=O) groups excluding carboxylic acids is 1. The van der Waals surface area contributed by atoms with E-state index in [0.29, 0.717) is 30.3 Å². The summed E-state index contributed by atoms with van der Waals surface area (Å²) in [5.74, 6) is 1.88. The van der Waals surface area contributed by atoms with Gasteiger partial charge in [0.15, 0.2) is 0 Å². The number of carbonyl (C=O) groups is 1. The second-order valence-corrected chi connectivity index (χ2v) is 6.97. The van der Waals surface area contributed by atoms with Crippen LogP contribution in [0.1, 0.15) is 65.2 Å². The van der Waals surface area contributed by atoms with Crippen LogP contribution in [0.2, 0.25) is 0 Å². The Labute approximate surface area is 124 Å². The Hall–Kier alpha value is -0.570. The molecule has 0 spiro atoms. The van der Waals surface area contributed by atoms with E-state index in [1.165, 1.54) is 44.9 Å². The van der Waals surface area contributed by atoms with Gasteiger partial charge >= 0.3 is 0 Å². The molecule has 1 aliphatic carbocycles. The van der Waals surface area contributed by atoms with E-state index in [9.17, 15) is 4.79 Å². The first-order chi connectivity index (χ1) is 9.61. The Morgan fingerprint density at radius 1 is 1.20 bits per heavy atom. The van der Waals surface area contributed by atoms with Gasteiger partial charge in [0.1, 0.15) is 0 Å². The van der Waals surface area contributed by atoms with E-state index >= 15 is 0 Å². The molecule has 116 valence electrons. The van der Waals surface area contributed by atoms with Crippen molar-refractivity contribution in [2.24, 2.45) is 11.8 Å². The second-order valence-electron chi connectivity index (χ2n) is 6.97. The van der Waals surface area contributed by atoms with E-state index in [1.807, 2.05) is 7.05 Å². The zero-order valence-electron chi connectivity index (χ0n) is 13.5. The van der Waals surface area contributed by atoms with Crippen LogP contribution in [0.25, 0.3) is 0 Å². The maximum Gasteiger partial charge on any atom is 0.224 e. The number of amides is 1. The molecule has 0 aromatic carbocycles. The first-order valence-corrected chi connectivity index (χ1v) is 8.60. The van der Waals surface area contributed by atoms with Gasteiger partial charge in [0.05, 0.1) is 0 Å². The summed E-state index contributed by atoms with van der Waals surface area (Å²) in [5.41, 5.74) is 0. The molecule has 1 N–H and O–H groups in total. The van der Waals surface area contributed by atoms with Gasteiger partial charge in [-0.25, -0.2) is 0 Å². The number of piperidine rings is 1. The van der Waals surface area contributed by atoms with Crippen LogP contribution in [-0.4, -0.2) is 36.5 Å². The molecule has 20 heavy (non-hydrogen) atoms. The van der Waals surface area contributed by atoms with E-state index in [0.717, 1.165) is 12.5 Å². The summed E-state index contributed by atoms with van der Waals surface area (Å²) in [5, 5.41) is 3.53. The van der Waals surface area contributed by atoms with Crippen LogP contribution >= 0.6 is 0 Å². The molecule has 2 unspecified atom stereocenters. The molecule has 1 saturated carbocycles. The van der Waals surface area contributed by atoms with Crippen LogP contribution in [0.5, 0.6) is 0 Å². The predicted molar refractivity (Wildman–Crippen MR) is 83.6 cm³/mol. The quantitative estimate of drug-likeness (QED) is 0.857. The van der Waals surface area contributed by atoms with E-state index in [-0.39, 0.29) is 0 Å². The molecule has 2 fully saturated rings. The van der Waals surface area contributed by atoms with Crippen molar-refractivity contribution in [2.45, 2.75) is 77.3 Å². The predicted octanol–water partition coefficient (Wildman–Crippen LogP) is 3.19. The fourth-order valence-corrected chi connectivity index (χ4v) is 3.86. The zero-order chi connectivity index (χ0) is 14.5. The molecule has 3 heteroatoms. The van der Waals surface area contributed by atoms with Crippen LogP contribution < -0.4 is 5.32 Å². The van der Waals surface area contributed by atoms with Crippen molar-refractivity contribution < 1.29 is 4.79 Å². The third kappa shape index (κ3) is 3.97. The van der Waals surface area contributed by atoms with E-state index in [2.05, 4.69) is 24.1 Å². The van der Waals surface area contributed by atoms with Crippen LogP contribution in [0, 0.1) is 11.8 Å². The lowest BCUT2D eigenvalue weighted by atomic mass is 9.83. The SMILES string of the molecule is CCC1CCC(N(C)C(=O)CC2NCCCC2C)CC1. The minimum atomic E-state index is 0.344. The lowest BCUT2D eigenvalue weighted by molar-refractivity contribution is -0.133. The van der Waals surface area contributed by atoms with Crippen LogP contribution in [0.15, 0.2) is 0 Å². The molecular formula is C17H32N2O. The normalized spacial score (nSPS) is 34.8. The van der Waals surface area contributed by atoms with Crippen molar-refractivity contribution in [3.63, 3.8) is 0 Å². The summed E-state index contributed by atoms with van der Waals surface area (Å²) < 4.78 is 0. The van der Waals surface area contributed by atoms with Gasteiger partial charge in [-0.15, -0.1) is 0 Å². The van der Waals surface area contributed by atoms with Crippen LogP contribution in [-0.2, 0) is 4.79 Å². The Morgan fingerprint density at radius 3 is 2.50 bits per heavy atom.